The zero-order valence-electron chi connectivity index (χ0n) is 16.0. The molecule has 0 N–H and O–H groups in total. The Kier molecular flexibility index (Phi) is 6.59. The van der Waals surface area contributed by atoms with Crippen molar-refractivity contribution >= 4 is 46.8 Å². The number of nitro benzene ring substituents is 1. The molecule has 0 saturated heterocycles. The van der Waals surface area contributed by atoms with Gasteiger partial charge >= 0.3 is 5.97 Å². The molecule has 156 valence electrons. The normalized spacial score (nSPS) is 14.5. The van der Waals surface area contributed by atoms with Crippen LogP contribution in [0.5, 0.6) is 11.5 Å². The highest BCUT2D eigenvalue weighted by atomic mass is 35.5. The maximum atomic E-state index is 12.3. The van der Waals surface area contributed by atoms with Crippen LogP contribution in [0.1, 0.15) is 25.0 Å². The Hall–Kier alpha value is -3.10. The van der Waals surface area contributed by atoms with Gasteiger partial charge in [0.15, 0.2) is 17.2 Å². The minimum atomic E-state index is -0.692. The molecular weight excluding hydrogens is 435 g/mol. The van der Waals surface area contributed by atoms with Crippen LogP contribution in [0.15, 0.2) is 41.0 Å². The van der Waals surface area contributed by atoms with Crippen molar-refractivity contribution in [3.8, 4) is 11.5 Å². The van der Waals surface area contributed by atoms with Gasteiger partial charge in [-0.1, -0.05) is 23.2 Å². The molecule has 0 radical (unpaired) electrons. The number of nitro groups is 1. The molecule has 0 amide bonds. The van der Waals surface area contributed by atoms with Gasteiger partial charge in [0.1, 0.15) is 0 Å². The molecule has 1 aliphatic rings. The molecule has 0 fully saturated rings. The molecule has 0 aromatic heterocycles. The highest BCUT2D eigenvalue weighted by Crippen LogP contribution is 2.37. The van der Waals surface area contributed by atoms with Crippen LogP contribution < -0.4 is 9.47 Å². The summed E-state index contributed by atoms with van der Waals surface area (Å²) in [7, 11) is 0. The zero-order chi connectivity index (χ0) is 21.8. The van der Waals surface area contributed by atoms with Gasteiger partial charge in [-0.25, -0.2) is 9.79 Å². The van der Waals surface area contributed by atoms with Crippen LogP contribution in [0, 0.1) is 10.1 Å². The first-order valence-corrected chi connectivity index (χ1v) is 9.65. The van der Waals surface area contributed by atoms with Gasteiger partial charge in [0.2, 0.25) is 5.90 Å². The first kappa shape index (κ1) is 21.6. The predicted octanol–water partition coefficient (Wildman–Crippen LogP) is 5.04. The SMILES string of the molecule is CCOc1cc(/C=C2\N=C(c3ccc([N+](=O)[O-])cc3Cl)OC2=O)cc(Cl)c1OCC. The Morgan fingerprint density at radius 2 is 1.87 bits per heavy atom. The van der Waals surface area contributed by atoms with Crippen molar-refractivity contribution in [3.05, 3.63) is 67.3 Å². The van der Waals surface area contributed by atoms with Crippen LogP contribution in [-0.2, 0) is 9.53 Å². The monoisotopic (exact) mass is 450 g/mol. The summed E-state index contributed by atoms with van der Waals surface area (Å²) < 4.78 is 16.3. The number of esters is 1. The second-order valence-corrected chi connectivity index (χ2v) is 6.77. The average molecular weight is 451 g/mol. The van der Waals surface area contributed by atoms with E-state index < -0.39 is 10.9 Å². The molecule has 0 saturated carbocycles. The third kappa shape index (κ3) is 4.55. The molecule has 2 aromatic carbocycles. The standard InChI is InChI=1S/C20H16Cl2N2O6/c1-3-28-17-9-11(7-15(22)18(17)29-4-2)8-16-20(25)30-19(23-16)13-6-5-12(24(26)27)10-14(13)21/h5-10H,3-4H2,1-2H3/b16-8-. The van der Waals surface area contributed by atoms with Crippen molar-refractivity contribution in [2.75, 3.05) is 13.2 Å². The van der Waals surface area contributed by atoms with E-state index in [1.54, 1.807) is 12.1 Å². The van der Waals surface area contributed by atoms with Crippen molar-refractivity contribution in [2.24, 2.45) is 4.99 Å². The Labute approximate surface area is 181 Å². The first-order valence-electron chi connectivity index (χ1n) is 8.90. The Morgan fingerprint density at radius 3 is 2.50 bits per heavy atom. The van der Waals surface area contributed by atoms with Crippen LogP contribution in [0.2, 0.25) is 10.0 Å². The van der Waals surface area contributed by atoms with Gasteiger partial charge in [0.25, 0.3) is 5.69 Å². The zero-order valence-corrected chi connectivity index (χ0v) is 17.5. The van der Waals surface area contributed by atoms with Gasteiger partial charge < -0.3 is 14.2 Å². The number of aliphatic imine (C=N–C) groups is 1. The number of ether oxygens (including phenoxy) is 3. The number of halogens is 2. The van der Waals surface area contributed by atoms with E-state index in [1.807, 2.05) is 13.8 Å². The smallest absolute Gasteiger partial charge is 0.363 e. The number of rotatable bonds is 7. The summed E-state index contributed by atoms with van der Waals surface area (Å²) in [4.78, 5) is 26.7. The summed E-state index contributed by atoms with van der Waals surface area (Å²) in [6.07, 6.45) is 1.48. The number of hydrogen-bond donors (Lipinski definition) is 0. The number of cyclic esters (lactones) is 1. The summed E-state index contributed by atoms with van der Waals surface area (Å²) in [5.41, 5.74) is 0.649. The van der Waals surface area contributed by atoms with Crippen LogP contribution in [0.4, 0.5) is 5.69 Å². The fourth-order valence-electron chi connectivity index (χ4n) is 2.69. The summed E-state index contributed by atoms with van der Waals surface area (Å²) in [5, 5.41) is 11.2. The lowest BCUT2D eigenvalue weighted by atomic mass is 10.1. The largest absolute Gasteiger partial charge is 0.490 e. The van der Waals surface area contributed by atoms with Gasteiger partial charge in [-0.15, -0.1) is 0 Å². The Balaban J connectivity index is 1.97. The van der Waals surface area contributed by atoms with E-state index >= 15 is 0 Å². The highest BCUT2D eigenvalue weighted by Gasteiger charge is 2.27. The quantitative estimate of drug-likeness (QED) is 0.253. The third-order valence-corrected chi connectivity index (χ3v) is 4.53. The molecule has 8 nitrogen and oxygen atoms in total. The lowest BCUT2D eigenvalue weighted by Crippen LogP contribution is -2.06. The highest BCUT2D eigenvalue weighted by molar-refractivity contribution is 6.35. The average Bonchev–Trinajstić information content (AvgIpc) is 3.04. The number of carbonyl (C=O) groups is 1. The molecule has 1 heterocycles. The van der Waals surface area contributed by atoms with Crippen LogP contribution in [-0.4, -0.2) is 30.0 Å². The van der Waals surface area contributed by atoms with Crippen LogP contribution in [0.3, 0.4) is 0 Å². The molecule has 30 heavy (non-hydrogen) atoms. The van der Waals surface area contributed by atoms with E-state index in [1.165, 1.54) is 18.2 Å². The fourth-order valence-corrected chi connectivity index (χ4v) is 3.22. The predicted molar refractivity (Wildman–Crippen MR) is 113 cm³/mol. The Bertz CT molecular complexity index is 1080. The van der Waals surface area contributed by atoms with Gasteiger partial charge in [-0.2, -0.15) is 0 Å². The second-order valence-electron chi connectivity index (χ2n) is 5.95. The second kappa shape index (κ2) is 9.15. The molecule has 0 aliphatic carbocycles. The van der Waals surface area contributed by atoms with E-state index in [0.717, 1.165) is 6.07 Å². The maximum absolute atomic E-state index is 12.3. The molecule has 2 aromatic rings. The number of benzene rings is 2. The first-order chi connectivity index (χ1) is 14.3. The van der Waals surface area contributed by atoms with Gasteiger partial charge in [-0.05, 0) is 43.7 Å². The van der Waals surface area contributed by atoms with Crippen LogP contribution >= 0.6 is 23.2 Å². The number of carbonyl (C=O) groups excluding carboxylic acids is 1. The lowest BCUT2D eigenvalue weighted by Gasteiger charge is -2.13. The molecule has 0 unspecified atom stereocenters. The molecule has 0 atom stereocenters. The van der Waals surface area contributed by atoms with E-state index in [0.29, 0.717) is 35.3 Å². The lowest BCUT2D eigenvalue weighted by molar-refractivity contribution is -0.384. The topological polar surface area (TPSA) is 100 Å². The summed E-state index contributed by atoms with van der Waals surface area (Å²) in [6.45, 7) is 4.47. The number of non-ortho nitro benzene ring substituents is 1. The minimum absolute atomic E-state index is 0.0158. The third-order valence-electron chi connectivity index (χ3n) is 3.94. The molecule has 0 bridgehead atoms. The van der Waals surface area contributed by atoms with Crippen molar-refractivity contribution < 1.29 is 23.9 Å². The van der Waals surface area contributed by atoms with Gasteiger partial charge in [0.05, 0.1) is 33.7 Å². The van der Waals surface area contributed by atoms with E-state index in [4.69, 9.17) is 37.4 Å². The molecule has 1 aliphatic heterocycles. The summed E-state index contributed by atoms with van der Waals surface area (Å²) in [6, 6.07) is 7.07. The fraction of sp³-hybridized carbons (Fsp3) is 0.200. The molecule has 3 rings (SSSR count). The van der Waals surface area contributed by atoms with Crippen molar-refractivity contribution in [3.63, 3.8) is 0 Å². The van der Waals surface area contributed by atoms with Crippen molar-refractivity contribution in [1.82, 2.24) is 0 Å². The van der Waals surface area contributed by atoms with Crippen LogP contribution in [0.25, 0.3) is 6.08 Å². The number of nitrogens with zero attached hydrogens (tertiary/aromatic N) is 2. The molecule has 0 spiro atoms. The minimum Gasteiger partial charge on any atom is -0.490 e. The van der Waals surface area contributed by atoms with E-state index in [2.05, 4.69) is 4.99 Å². The van der Waals surface area contributed by atoms with Crippen molar-refractivity contribution in [1.29, 1.82) is 0 Å². The summed E-state index contributed by atoms with van der Waals surface area (Å²) >= 11 is 12.4. The molecular formula is C20H16Cl2N2O6. The Morgan fingerprint density at radius 1 is 1.13 bits per heavy atom. The van der Waals surface area contributed by atoms with E-state index in [9.17, 15) is 14.9 Å². The van der Waals surface area contributed by atoms with Gasteiger partial charge in [-0.3, -0.25) is 10.1 Å². The molecule has 10 heteroatoms. The van der Waals surface area contributed by atoms with Crippen molar-refractivity contribution in [2.45, 2.75) is 13.8 Å². The summed E-state index contributed by atoms with van der Waals surface area (Å²) in [5.74, 6) is 0.113. The van der Waals surface area contributed by atoms with Gasteiger partial charge in [0, 0.05) is 12.1 Å². The maximum Gasteiger partial charge on any atom is 0.363 e. The number of hydrogen-bond acceptors (Lipinski definition) is 7. The van der Waals surface area contributed by atoms with E-state index in [-0.39, 0.29) is 27.9 Å².